The maximum absolute atomic E-state index is 11.3. The van der Waals surface area contributed by atoms with Crippen LogP contribution in [0.3, 0.4) is 0 Å². The van der Waals surface area contributed by atoms with Crippen LogP contribution in [0.2, 0.25) is 0 Å². The third-order valence-corrected chi connectivity index (χ3v) is 2.82. The third-order valence-electron chi connectivity index (χ3n) is 1.89. The third kappa shape index (κ3) is 9.22. The van der Waals surface area contributed by atoms with Gasteiger partial charge in [-0.05, 0) is 13.8 Å². The van der Waals surface area contributed by atoms with Crippen LogP contribution in [0.15, 0.2) is 0 Å². The summed E-state index contributed by atoms with van der Waals surface area (Å²) in [5.41, 5.74) is -0.893. The lowest BCUT2D eigenvalue weighted by molar-refractivity contribution is -0.146. The van der Waals surface area contributed by atoms with E-state index in [1.807, 2.05) is 0 Å². The first-order chi connectivity index (χ1) is 8.43. The summed E-state index contributed by atoms with van der Waals surface area (Å²) in [6, 6.07) is -0.705. The molecule has 5 N–H and O–H groups in total. The van der Waals surface area contributed by atoms with Gasteiger partial charge in [0.25, 0.3) is 0 Å². The Hall–Kier alpha value is -1.39. The van der Waals surface area contributed by atoms with Gasteiger partial charge in [-0.2, -0.15) is 0 Å². The zero-order chi connectivity index (χ0) is 15.3. The molecular formula is C9H19N3O6S. The second-order valence-corrected chi connectivity index (χ2v) is 6.42. The molecule has 9 nitrogen and oxygen atoms in total. The first-order valence-electron chi connectivity index (χ1n) is 5.34. The normalized spacial score (nSPS) is 13.7. The van der Waals surface area contributed by atoms with Crippen molar-refractivity contribution in [2.24, 2.45) is 0 Å². The van der Waals surface area contributed by atoms with Crippen LogP contribution >= 0.6 is 0 Å². The van der Waals surface area contributed by atoms with Gasteiger partial charge < -0.3 is 20.8 Å². The van der Waals surface area contributed by atoms with Crippen molar-refractivity contribution in [3.05, 3.63) is 0 Å². The summed E-state index contributed by atoms with van der Waals surface area (Å²) in [6.45, 7) is 2.69. The number of aliphatic carboxylic acids is 1. The molecule has 0 fully saturated rings. The molecule has 0 aromatic carbocycles. The van der Waals surface area contributed by atoms with Gasteiger partial charge in [0, 0.05) is 12.1 Å². The number of urea groups is 1. The predicted octanol–water partition coefficient (Wildman–Crippen LogP) is -1.94. The Morgan fingerprint density at radius 3 is 2.21 bits per heavy atom. The summed E-state index contributed by atoms with van der Waals surface area (Å²) in [5, 5.41) is 21.8. The van der Waals surface area contributed by atoms with Crippen LogP contribution in [0, 0.1) is 0 Å². The Kier molecular flexibility index (Phi) is 6.19. The fourth-order valence-corrected chi connectivity index (χ4v) is 2.25. The number of carboxylic acid groups (broad SMARTS) is 1. The Labute approximate surface area is 111 Å². The molecule has 10 heteroatoms. The summed E-state index contributed by atoms with van der Waals surface area (Å²) >= 11 is 0. The molecule has 0 aliphatic heterocycles. The van der Waals surface area contributed by atoms with Crippen LogP contribution in [-0.4, -0.2) is 61.6 Å². The highest BCUT2D eigenvalue weighted by atomic mass is 32.2. The Morgan fingerprint density at radius 1 is 1.26 bits per heavy atom. The van der Waals surface area contributed by atoms with Crippen molar-refractivity contribution in [3.63, 3.8) is 0 Å². The highest BCUT2D eigenvalue weighted by molar-refractivity contribution is 7.88. The summed E-state index contributed by atoms with van der Waals surface area (Å²) in [6.07, 6.45) is -0.689. The molecule has 0 rings (SSSR count). The largest absolute Gasteiger partial charge is 0.479 e. The SMILES string of the molecule is CC(C)(CNC(=O)NCC(O)C(=O)O)NS(C)(=O)=O. The molecule has 0 aromatic rings. The van der Waals surface area contributed by atoms with Crippen molar-refractivity contribution in [3.8, 4) is 0 Å². The van der Waals surface area contributed by atoms with Crippen LogP contribution < -0.4 is 15.4 Å². The van der Waals surface area contributed by atoms with Gasteiger partial charge in [-0.25, -0.2) is 22.7 Å². The Morgan fingerprint density at radius 2 is 1.79 bits per heavy atom. The molecule has 1 atom stereocenters. The lowest BCUT2D eigenvalue weighted by Gasteiger charge is -2.25. The van der Waals surface area contributed by atoms with E-state index in [9.17, 15) is 18.0 Å². The van der Waals surface area contributed by atoms with Gasteiger partial charge in [0.15, 0.2) is 6.10 Å². The van der Waals surface area contributed by atoms with E-state index in [0.29, 0.717) is 0 Å². The van der Waals surface area contributed by atoms with E-state index in [4.69, 9.17) is 10.2 Å². The minimum absolute atomic E-state index is 0.00489. The topological polar surface area (TPSA) is 145 Å². The van der Waals surface area contributed by atoms with Crippen LogP contribution in [0.4, 0.5) is 4.79 Å². The Balaban J connectivity index is 4.12. The number of carboxylic acids is 1. The zero-order valence-corrected chi connectivity index (χ0v) is 11.7. The van der Waals surface area contributed by atoms with Gasteiger partial charge in [0.1, 0.15) is 0 Å². The van der Waals surface area contributed by atoms with E-state index < -0.39 is 40.2 Å². The van der Waals surface area contributed by atoms with E-state index in [1.165, 1.54) is 0 Å². The first-order valence-corrected chi connectivity index (χ1v) is 7.23. The number of carbonyl (C=O) groups is 2. The van der Waals surface area contributed by atoms with Gasteiger partial charge >= 0.3 is 12.0 Å². The first kappa shape index (κ1) is 17.6. The summed E-state index contributed by atoms with van der Waals surface area (Å²) in [5.74, 6) is -1.45. The molecular weight excluding hydrogens is 278 g/mol. The van der Waals surface area contributed by atoms with Crippen molar-refractivity contribution in [2.45, 2.75) is 25.5 Å². The lowest BCUT2D eigenvalue weighted by Crippen LogP contribution is -2.53. The highest BCUT2D eigenvalue weighted by Crippen LogP contribution is 2.01. The maximum atomic E-state index is 11.3. The fourth-order valence-electron chi connectivity index (χ4n) is 1.18. The van der Waals surface area contributed by atoms with E-state index in [1.54, 1.807) is 13.8 Å². The van der Waals surface area contributed by atoms with E-state index in [0.717, 1.165) is 6.26 Å². The van der Waals surface area contributed by atoms with Crippen molar-refractivity contribution >= 4 is 22.0 Å². The van der Waals surface area contributed by atoms with Crippen LogP contribution in [0.1, 0.15) is 13.8 Å². The second kappa shape index (κ2) is 6.68. The van der Waals surface area contributed by atoms with E-state index in [2.05, 4.69) is 15.4 Å². The molecule has 2 amide bonds. The van der Waals surface area contributed by atoms with Crippen LogP contribution in [-0.2, 0) is 14.8 Å². The number of amides is 2. The smallest absolute Gasteiger partial charge is 0.334 e. The second-order valence-electron chi connectivity index (χ2n) is 4.68. The quantitative estimate of drug-likeness (QED) is 0.369. The molecule has 0 saturated heterocycles. The summed E-state index contributed by atoms with van der Waals surface area (Å²) in [7, 11) is -3.41. The number of aliphatic hydroxyl groups excluding tert-OH is 1. The molecule has 1 unspecified atom stereocenters. The molecule has 112 valence electrons. The summed E-state index contributed by atoms with van der Waals surface area (Å²) in [4.78, 5) is 21.6. The van der Waals surface area contributed by atoms with E-state index >= 15 is 0 Å². The van der Waals surface area contributed by atoms with Crippen LogP contribution in [0.5, 0.6) is 0 Å². The van der Waals surface area contributed by atoms with Gasteiger partial charge in [0.2, 0.25) is 10.0 Å². The number of sulfonamides is 1. The molecule has 0 aliphatic carbocycles. The zero-order valence-electron chi connectivity index (χ0n) is 10.9. The molecule has 0 bridgehead atoms. The fraction of sp³-hybridized carbons (Fsp3) is 0.778. The molecule has 19 heavy (non-hydrogen) atoms. The van der Waals surface area contributed by atoms with Crippen molar-refractivity contribution in [1.29, 1.82) is 0 Å². The Bertz CT molecular complexity index is 433. The molecule has 0 aliphatic rings. The minimum Gasteiger partial charge on any atom is -0.479 e. The van der Waals surface area contributed by atoms with Crippen LogP contribution in [0.25, 0.3) is 0 Å². The lowest BCUT2D eigenvalue weighted by atomic mass is 10.1. The molecule has 0 aromatic heterocycles. The van der Waals surface area contributed by atoms with Crippen molar-refractivity contribution in [1.82, 2.24) is 15.4 Å². The molecule has 0 spiro atoms. The van der Waals surface area contributed by atoms with E-state index in [-0.39, 0.29) is 6.54 Å². The minimum atomic E-state index is -3.41. The summed E-state index contributed by atoms with van der Waals surface area (Å²) < 4.78 is 24.4. The number of nitrogens with one attached hydrogen (secondary N) is 3. The number of aliphatic hydroxyl groups is 1. The number of hydrogen-bond donors (Lipinski definition) is 5. The molecule has 0 heterocycles. The number of hydrogen-bond acceptors (Lipinski definition) is 5. The number of carbonyl (C=O) groups excluding carboxylic acids is 1. The standard InChI is InChI=1S/C9H19N3O6S/c1-9(2,12-19(3,17)18)5-11-8(16)10-4-6(13)7(14)15/h6,12-13H,4-5H2,1-3H3,(H,14,15)(H2,10,11,16). The number of rotatable bonds is 7. The average molecular weight is 297 g/mol. The van der Waals surface area contributed by atoms with Crippen molar-refractivity contribution in [2.75, 3.05) is 19.3 Å². The predicted molar refractivity (Wildman–Crippen MR) is 67.1 cm³/mol. The van der Waals surface area contributed by atoms with Gasteiger partial charge in [-0.1, -0.05) is 0 Å². The molecule has 0 saturated carbocycles. The maximum Gasteiger partial charge on any atom is 0.334 e. The van der Waals surface area contributed by atoms with Crippen molar-refractivity contribution < 1.29 is 28.2 Å². The molecule has 0 radical (unpaired) electrons. The van der Waals surface area contributed by atoms with Gasteiger partial charge in [0.05, 0.1) is 12.8 Å². The highest BCUT2D eigenvalue weighted by Gasteiger charge is 2.23. The monoisotopic (exact) mass is 297 g/mol. The van der Waals surface area contributed by atoms with Gasteiger partial charge in [-0.15, -0.1) is 0 Å². The van der Waals surface area contributed by atoms with Gasteiger partial charge in [-0.3, -0.25) is 0 Å². The average Bonchev–Trinajstić information content (AvgIpc) is 2.19.